The van der Waals surface area contributed by atoms with Crippen LogP contribution in [-0.2, 0) is 16.4 Å². The molecule has 1 unspecified atom stereocenters. The molecule has 5 nitrogen and oxygen atoms in total. The molecule has 0 aromatic heterocycles. The van der Waals surface area contributed by atoms with Crippen LogP contribution in [0.25, 0.3) is 5.70 Å². The van der Waals surface area contributed by atoms with E-state index in [1.54, 1.807) is 30.5 Å². The molecule has 1 atom stereocenters. The quantitative estimate of drug-likeness (QED) is 0.607. The number of carbonyl (C=O) groups is 1. The molecule has 0 saturated heterocycles. The molecule has 0 bridgehead atoms. The number of carbonyl (C=O) groups excluding carboxylic acids is 1. The van der Waals surface area contributed by atoms with Crippen LogP contribution in [0.3, 0.4) is 0 Å². The van der Waals surface area contributed by atoms with Gasteiger partial charge in [-0.3, -0.25) is 9.69 Å². The number of allylic oxidation sites excluding steroid dienone is 2. The summed E-state index contributed by atoms with van der Waals surface area (Å²) in [6.45, 7) is 14.4. The first kappa shape index (κ1) is 22.1. The van der Waals surface area contributed by atoms with Gasteiger partial charge in [-0.2, -0.15) is 0 Å². The topological polar surface area (TPSA) is 61.4 Å². The molecular formula is C25H24ClN3O2S. The van der Waals surface area contributed by atoms with Crippen LogP contribution in [0.2, 0.25) is 5.02 Å². The van der Waals surface area contributed by atoms with E-state index >= 15 is 0 Å². The van der Waals surface area contributed by atoms with Crippen molar-refractivity contribution in [3.05, 3.63) is 101 Å². The van der Waals surface area contributed by atoms with Gasteiger partial charge in [0.1, 0.15) is 11.0 Å². The summed E-state index contributed by atoms with van der Waals surface area (Å²) < 4.78 is 16.0. The zero-order valence-electron chi connectivity index (χ0n) is 18.2. The maximum Gasteiger partial charge on any atom is 0.265 e. The second kappa shape index (κ2) is 8.11. The van der Waals surface area contributed by atoms with Crippen molar-refractivity contribution < 1.29 is 9.00 Å². The van der Waals surface area contributed by atoms with Crippen LogP contribution in [0.1, 0.15) is 42.3 Å². The first-order valence-electron chi connectivity index (χ1n) is 10.1. The van der Waals surface area contributed by atoms with E-state index in [4.69, 9.17) is 11.6 Å². The van der Waals surface area contributed by atoms with Gasteiger partial charge in [0.05, 0.1) is 38.3 Å². The number of rotatable bonds is 4. The highest BCUT2D eigenvalue weighted by atomic mass is 35.5. The first-order valence-corrected chi connectivity index (χ1v) is 11.6. The number of hydrogen-bond donors (Lipinski definition) is 2. The Bertz CT molecular complexity index is 1240. The molecule has 4 rings (SSSR count). The standard InChI is InChI=1S/C25H24ClN3O2S/c1-15-21(7-6-14-27-15)29-16(2)22-19(26)12-13-20(23(22)24(29)30)28-32(31)18-10-8-17(9-11-18)25(3,4)5/h6-14,27-28H,1-2H2,3-5H3. The minimum atomic E-state index is -1.57. The van der Waals surface area contributed by atoms with Gasteiger partial charge in [-0.05, 0) is 47.4 Å². The van der Waals surface area contributed by atoms with Crippen molar-refractivity contribution in [2.75, 3.05) is 4.72 Å². The van der Waals surface area contributed by atoms with Crippen LogP contribution in [0, 0.1) is 0 Å². The average molecular weight is 466 g/mol. The van der Waals surface area contributed by atoms with Gasteiger partial charge in [0.25, 0.3) is 5.91 Å². The summed E-state index contributed by atoms with van der Waals surface area (Å²) in [5.41, 5.74) is 4.04. The molecule has 0 radical (unpaired) electrons. The molecule has 0 spiro atoms. The van der Waals surface area contributed by atoms with Crippen molar-refractivity contribution in [1.82, 2.24) is 10.2 Å². The second-order valence-corrected chi connectivity index (χ2v) is 10.2. The molecule has 2 heterocycles. The molecule has 164 valence electrons. The van der Waals surface area contributed by atoms with Crippen LogP contribution in [0.4, 0.5) is 5.69 Å². The molecule has 0 fully saturated rings. The number of nitrogens with zero attached hydrogens (tertiary/aromatic N) is 1. The van der Waals surface area contributed by atoms with Gasteiger partial charge < -0.3 is 10.0 Å². The van der Waals surface area contributed by atoms with Crippen LogP contribution in [0.5, 0.6) is 0 Å². The molecule has 32 heavy (non-hydrogen) atoms. The number of nitrogens with one attached hydrogen (secondary N) is 2. The molecule has 2 aliphatic heterocycles. The Labute approximate surface area is 195 Å². The number of fused-ring (bicyclic) bond motifs is 1. The van der Waals surface area contributed by atoms with Gasteiger partial charge in [-0.15, -0.1) is 0 Å². The van der Waals surface area contributed by atoms with Crippen molar-refractivity contribution >= 4 is 39.9 Å². The highest BCUT2D eigenvalue weighted by Crippen LogP contribution is 2.43. The van der Waals surface area contributed by atoms with E-state index in [1.165, 1.54) is 4.90 Å². The second-order valence-electron chi connectivity index (χ2n) is 8.61. The third-order valence-corrected chi connectivity index (χ3v) is 6.85. The van der Waals surface area contributed by atoms with Gasteiger partial charge in [-0.1, -0.05) is 57.7 Å². The molecule has 2 N–H and O–H groups in total. The van der Waals surface area contributed by atoms with E-state index < -0.39 is 11.0 Å². The molecule has 0 saturated carbocycles. The van der Waals surface area contributed by atoms with Crippen LogP contribution < -0.4 is 10.0 Å². The fourth-order valence-corrected chi connectivity index (χ4v) is 4.81. The lowest BCUT2D eigenvalue weighted by molar-refractivity contribution is 0.0883. The smallest absolute Gasteiger partial charge is 0.265 e. The van der Waals surface area contributed by atoms with E-state index in [2.05, 4.69) is 44.0 Å². The number of anilines is 1. The number of amides is 1. The molecule has 2 aromatic carbocycles. The van der Waals surface area contributed by atoms with Crippen LogP contribution >= 0.6 is 11.6 Å². The third kappa shape index (κ3) is 3.80. The lowest BCUT2D eigenvalue weighted by Gasteiger charge is -2.24. The third-order valence-electron chi connectivity index (χ3n) is 5.42. The highest BCUT2D eigenvalue weighted by Gasteiger charge is 2.38. The maximum absolute atomic E-state index is 13.4. The summed E-state index contributed by atoms with van der Waals surface area (Å²) in [7, 11) is -1.57. The monoisotopic (exact) mass is 465 g/mol. The number of benzene rings is 2. The largest absolute Gasteiger partial charge is 0.360 e. The summed E-state index contributed by atoms with van der Waals surface area (Å²) in [6.07, 6.45) is 5.30. The molecule has 7 heteroatoms. The van der Waals surface area contributed by atoms with Crippen LogP contribution in [0.15, 0.2) is 84.2 Å². The molecule has 1 amide bonds. The van der Waals surface area contributed by atoms with Crippen molar-refractivity contribution in [3.8, 4) is 0 Å². The summed E-state index contributed by atoms with van der Waals surface area (Å²) >= 11 is 6.44. The van der Waals surface area contributed by atoms with Gasteiger partial charge >= 0.3 is 0 Å². The number of halogens is 1. The fourth-order valence-electron chi connectivity index (χ4n) is 3.68. The van der Waals surface area contributed by atoms with E-state index in [9.17, 15) is 9.00 Å². The SMILES string of the molecule is C=C1NC=CC=C1N1C(=C)c2c(Cl)ccc(NS(=O)c3ccc(C(C)(C)C)cc3)c2C1=O. The zero-order chi connectivity index (χ0) is 23.2. The first-order chi connectivity index (χ1) is 15.1. The summed E-state index contributed by atoms with van der Waals surface area (Å²) in [5.74, 6) is -0.306. The van der Waals surface area contributed by atoms with Crippen molar-refractivity contribution in [3.63, 3.8) is 0 Å². The predicted octanol–water partition coefficient (Wildman–Crippen LogP) is 5.71. The Kier molecular flexibility index (Phi) is 5.61. The van der Waals surface area contributed by atoms with Crippen molar-refractivity contribution in [1.29, 1.82) is 0 Å². The Morgan fingerprint density at radius 3 is 2.38 bits per heavy atom. The van der Waals surface area contributed by atoms with Crippen molar-refractivity contribution in [2.24, 2.45) is 0 Å². The average Bonchev–Trinajstić information content (AvgIpc) is 3.01. The van der Waals surface area contributed by atoms with Gasteiger partial charge in [-0.25, -0.2) is 4.21 Å². The highest BCUT2D eigenvalue weighted by molar-refractivity contribution is 7.86. The van der Waals surface area contributed by atoms with E-state index in [-0.39, 0.29) is 11.3 Å². The number of dihydropyridines is 1. The molecule has 0 aliphatic carbocycles. The lowest BCUT2D eigenvalue weighted by atomic mass is 9.87. The maximum atomic E-state index is 13.4. The minimum absolute atomic E-state index is 0.00253. The summed E-state index contributed by atoms with van der Waals surface area (Å²) in [5, 5.41) is 3.40. The van der Waals surface area contributed by atoms with Crippen LogP contribution in [-0.4, -0.2) is 15.0 Å². The lowest BCUT2D eigenvalue weighted by Crippen LogP contribution is -2.27. The summed E-state index contributed by atoms with van der Waals surface area (Å²) in [4.78, 5) is 15.5. The zero-order valence-corrected chi connectivity index (χ0v) is 19.7. The van der Waals surface area contributed by atoms with E-state index in [0.717, 1.165) is 5.56 Å². The van der Waals surface area contributed by atoms with Gasteiger partial charge in [0.15, 0.2) is 0 Å². The number of hydrogen-bond acceptors (Lipinski definition) is 3. The van der Waals surface area contributed by atoms with E-state index in [1.807, 2.05) is 24.3 Å². The van der Waals surface area contributed by atoms with Gasteiger partial charge in [0, 0.05) is 11.8 Å². The molecular weight excluding hydrogens is 442 g/mol. The Balaban J connectivity index is 1.68. The Hall–Kier alpha value is -3.09. The van der Waals surface area contributed by atoms with E-state index in [0.29, 0.717) is 43.8 Å². The summed E-state index contributed by atoms with van der Waals surface area (Å²) in [6, 6.07) is 10.9. The fraction of sp³-hybridized carbons (Fsp3) is 0.160. The molecule has 2 aromatic rings. The molecule has 2 aliphatic rings. The predicted molar refractivity (Wildman–Crippen MR) is 131 cm³/mol. The normalized spacial score (nSPS) is 16.6. The Morgan fingerprint density at radius 1 is 1.06 bits per heavy atom. The van der Waals surface area contributed by atoms with Gasteiger partial charge in [0.2, 0.25) is 0 Å². The Morgan fingerprint density at radius 2 is 1.75 bits per heavy atom. The minimum Gasteiger partial charge on any atom is -0.360 e. The van der Waals surface area contributed by atoms with Crippen molar-refractivity contribution in [2.45, 2.75) is 31.1 Å².